The highest BCUT2D eigenvalue weighted by Crippen LogP contribution is 2.25. The highest BCUT2D eigenvalue weighted by molar-refractivity contribution is 7.89. The van der Waals surface area contributed by atoms with E-state index in [2.05, 4.69) is 0 Å². The van der Waals surface area contributed by atoms with E-state index in [1.165, 1.54) is 9.21 Å². The summed E-state index contributed by atoms with van der Waals surface area (Å²) in [7, 11) is -3.29. The minimum Gasteiger partial charge on any atom is -0.290 e. The lowest BCUT2D eigenvalue weighted by Gasteiger charge is -2.37. The van der Waals surface area contributed by atoms with Gasteiger partial charge in [0.25, 0.3) is 0 Å². The maximum Gasteiger partial charge on any atom is 0.403 e. The largest absolute Gasteiger partial charge is 0.403 e. The van der Waals surface area contributed by atoms with E-state index in [-0.39, 0.29) is 31.9 Å². The monoisotopic (exact) mass is 288 g/mol. The van der Waals surface area contributed by atoms with Crippen molar-refractivity contribution in [2.45, 2.75) is 32.5 Å². The van der Waals surface area contributed by atoms with Gasteiger partial charge in [0.1, 0.15) is 6.04 Å². The predicted octanol–water partition coefficient (Wildman–Crippen LogP) is 1.29. The molecule has 0 radical (unpaired) electrons. The molecule has 0 bridgehead atoms. The number of halogens is 3. The number of hydrogen-bond acceptors (Lipinski definition) is 3. The van der Waals surface area contributed by atoms with Crippen molar-refractivity contribution in [1.82, 2.24) is 9.21 Å². The second-order valence-electron chi connectivity index (χ2n) is 4.47. The SMILES string of the molecule is CCCS(=O)(=O)N1CCN([C@H](C)C(F)(F)F)CC1. The summed E-state index contributed by atoms with van der Waals surface area (Å²) in [5.74, 6) is 0.0574. The molecule has 1 fully saturated rings. The van der Waals surface area contributed by atoms with Gasteiger partial charge in [-0.1, -0.05) is 6.92 Å². The van der Waals surface area contributed by atoms with Crippen LogP contribution in [0.15, 0.2) is 0 Å². The molecule has 1 atom stereocenters. The third-order valence-electron chi connectivity index (χ3n) is 3.15. The summed E-state index contributed by atoms with van der Waals surface area (Å²) in [5.41, 5.74) is 0. The van der Waals surface area contributed by atoms with Crippen LogP contribution in [0.2, 0.25) is 0 Å². The Kier molecular flexibility index (Phi) is 5.02. The van der Waals surface area contributed by atoms with E-state index in [0.29, 0.717) is 6.42 Å². The lowest BCUT2D eigenvalue weighted by atomic mass is 10.2. The minimum atomic E-state index is -4.26. The zero-order valence-corrected chi connectivity index (χ0v) is 11.4. The Morgan fingerprint density at radius 2 is 1.67 bits per heavy atom. The molecular weight excluding hydrogens is 269 g/mol. The van der Waals surface area contributed by atoms with E-state index in [0.717, 1.165) is 6.92 Å². The van der Waals surface area contributed by atoms with Gasteiger partial charge >= 0.3 is 6.18 Å². The first-order valence-corrected chi connectivity index (χ1v) is 7.58. The molecule has 1 saturated heterocycles. The van der Waals surface area contributed by atoms with Crippen molar-refractivity contribution in [3.8, 4) is 0 Å². The molecule has 0 amide bonds. The van der Waals surface area contributed by atoms with Crippen LogP contribution >= 0.6 is 0 Å². The minimum absolute atomic E-state index is 0.0574. The Labute approximate surface area is 106 Å². The van der Waals surface area contributed by atoms with E-state index in [9.17, 15) is 21.6 Å². The Morgan fingerprint density at radius 1 is 1.17 bits per heavy atom. The summed E-state index contributed by atoms with van der Waals surface area (Å²) in [6.45, 7) is 3.41. The van der Waals surface area contributed by atoms with Gasteiger partial charge in [0.2, 0.25) is 10.0 Å². The summed E-state index contributed by atoms with van der Waals surface area (Å²) in [6, 6.07) is -1.52. The molecule has 1 heterocycles. The Morgan fingerprint density at radius 3 is 2.06 bits per heavy atom. The highest BCUT2D eigenvalue weighted by Gasteiger charge is 2.41. The maximum absolute atomic E-state index is 12.5. The Bertz CT molecular complexity index is 362. The number of rotatable bonds is 4. The number of sulfonamides is 1. The molecule has 0 aliphatic carbocycles. The van der Waals surface area contributed by atoms with Crippen LogP contribution in [0.25, 0.3) is 0 Å². The van der Waals surface area contributed by atoms with Gasteiger partial charge in [-0.25, -0.2) is 8.42 Å². The molecule has 0 N–H and O–H groups in total. The zero-order chi connectivity index (χ0) is 14.0. The van der Waals surface area contributed by atoms with Crippen molar-refractivity contribution in [2.24, 2.45) is 0 Å². The third kappa shape index (κ3) is 3.83. The smallest absolute Gasteiger partial charge is 0.290 e. The van der Waals surface area contributed by atoms with Gasteiger partial charge < -0.3 is 0 Å². The van der Waals surface area contributed by atoms with Gasteiger partial charge in [0, 0.05) is 26.2 Å². The van der Waals surface area contributed by atoms with Crippen molar-refractivity contribution in [2.75, 3.05) is 31.9 Å². The number of piperazine rings is 1. The van der Waals surface area contributed by atoms with E-state index in [4.69, 9.17) is 0 Å². The van der Waals surface area contributed by atoms with Crippen LogP contribution in [0.5, 0.6) is 0 Å². The second kappa shape index (κ2) is 5.75. The summed E-state index contributed by atoms with van der Waals surface area (Å²) >= 11 is 0. The van der Waals surface area contributed by atoms with E-state index in [1.54, 1.807) is 6.92 Å². The van der Waals surface area contributed by atoms with Crippen LogP contribution in [-0.2, 0) is 10.0 Å². The van der Waals surface area contributed by atoms with Crippen LogP contribution < -0.4 is 0 Å². The van der Waals surface area contributed by atoms with E-state index < -0.39 is 22.2 Å². The fourth-order valence-electron chi connectivity index (χ4n) is 1.96. The molecule has 1 rings (SSSR count). The average Bonchev–Trinajstić information content (AvgIpc) is 2.27. The molecule has 108 valence electrons. The number of alkyl halides is 3. The first kappa shape index (κ1) is 15.7. The van der Waals surface area contributed by atoms with Crippen molar-refractivity contribution < 1.29 is 21.6 Å². The van der Waals surface area contributed by atoms with Gasteiger partial charge in [-0.05, 0) is 13.3 Å². The maximum atomic E-state index is 12.5. The van der Waals surface area contributed by atoms with E-state index in [1.807, 2.05) is 0 Å². The summed E-state index contributed by atoms with van der Waals surface area (Å²) in [5, 5.41) is 0. The normalized spacial score (nSPS) is 22.1. The number of nitrogens with zero attached hydrogens (tertiary/aromatic N) is 2. The molecule has 0 aromatic heterocycles. The quantitative estimate of drug-likeness (QED) is 0.783. The molecule has 0 aromatic rings. The average molecular weight is 288 g/mol. The lowest BCUT2D eigenvalue weighted by molar-refractivity contribution is -0.181. The van der Waals surface area contributed by atoms with Crippen molar-refractivity contribution >= 4 is 10.0 Å². The van der Waals surface area contributed by atoms with Crippen molar-refractivity contribution in [1.29, 1.82) is 0 Å². The second-order valence-corrected chi connectivity index (χ2v) is 6.56. The number of hydrogen-bond donors (Lipinski definition) is 0. The molecule has 0 aromatic carbocycles. The molecular formula is C10H19F3N2O2S. The van der Waals surface area contributed by atoms with Crippen molar-refractivity contribution in [3.63, 3.8) is 0 Å². The molecule has 0 saturated carbocycles. The first-order chi connectivity index (χ1) is 8.18. The van der Waals surface area contributed by atoms with Gasteiger partial charge in [0.15, 0.2) is 0 Å². The molecule has 4 nitrogen and oxygen atoms in total. The van der Waals surface area contributed by atoms with Crippen LogP contribution in [0.1, 0.15) is 20.3 Å². The summed E-state index contributed by atoms with van der Waals surface area (Å²) in [6.07, 6.45) is -3.74. The first-order valence-electron chi connectivity index (χ1n) is 5.97. The van der Waals surface area contributed by atoms with Crippen LogP contribution in [0, 0.1) is 0 Å². The summed E-state index contributed by atoms with van der Waals surface area (Å²) in [4.78, 5) is 1.28. The molecule has 18 heavy (non-hydrogen) atoms. The predicted molar refractivity (Wildman–Crippen MR) is 62.7 cm³/mol. The highest BCUT2D eigenvalue weighted by atomic mass is 32.2. The van der Waals surface area contributed by atoms with Crippen molar-refractivity contribution in [3.05, 3.63) is 0 Å². The standard InChI is InChI=1S/C10H19F3N2O2S/c1-3-8-18(16,17)15-6-4-14(5-7-15)9(2)10(11,12)13/h9H,3-8H2,1-2H3/t9-/m1/s1. The topological polar surface area (TPSA) is 40.6 Å². The van der Waals surface area contributed by atoms with E-state index >= 15 is 0 Å². The van der Waals surface area contributed by atoms with Gasteiger partial charge in [-0.3, -0.25) is 4.90 Å². The van der Waals surface area contributed by atoms with Gasteiger partial charge in [0.05, 0.1) is 5.75 Å². The molecule has 0 spiro atoms. The van der Waals surface area contributed by atoms with Crippen LogP contribution in [0.4, 0.5) is 13.2 Å². The Hall–Kier alpha value is -0.340. The van der Waals surface area contributed by atoms with Crippen LogP contribution in [0.3, 0.4) is 0 Å². The fourth-order valence-corrected chi connectivity index (χ4v) is 3.46. The lowest BCUT2D eigenvalue weighted by Crippen LogP contribution is -2.55. The third-order valence-corrected chi connectivity index (χ3v) is 5.23. The van der Waals surface area contributed by atoms with Gasteiger partial charge in [-0.15, -0.1) is 0 Å². The van der Waals surface area contributed by atoms with Crippen LogP contribution in [-0.4, -0.2) is 61.8 Å². The molecule has 0 unspecified atom stereocenters. The molecule has 1 aliphatic heterocycles. The van der Waals surface area contributed by atoms with Gasteiger partial charge in [-0.2, -0.15) is 17.5 Å². The fraction of sp³-hybridized carbons (Fsp3) is 1.00. The Balaban J connectivity index is 2.57. The molecule has 8 heteroatoms. The summed E-state index contributed by atoms with van der Waals surface area (Å²) < 4.78 is 62.3. The molecule has 1 aliphatic rings. The zero-order valence-electron chi connectivity index (χ0n) is 10.6.